The summed E-state index contributed by atoms with van der Waals surface area (Å²) < 4.78 is 0. The first kappa shape index (κ1) is 17.4. The Bertz CT molecular complexity index is 744. The summed E-state index contributed by atoms with van der Waals surface area (Å²) >= 11 is 0. The van der Waals surface area contributed by atoms with Crippen LogP contribution < -0.4 is 0 Å². The fourth-order valence-corrected chi connectivity index (χ4v) is 4.27. The lowest BCUT2D eigenvalue weighted by Gasteiger charge is -2.23. The predicted octanol–water partition coefficient (Wildman–Crippen LogP) is 4.11. The lowest BCUT2D eigenvalue weighted by Crippen LogP contribution is -2.24. The van der Waals surface area contributed by atoms with Crippen molar-refractivity contribution in [2.24, 2.45) is 0 Å². The fourth-order valence-electron chi connectivity index (χ4n) is 4.27. The van der Waals surface area contributed by atoms with E-state index in [1.165, 1.54) is 49.9 Å². The number of nitrogens with zero attached hydrogens (tertiary/aromatic N) is 2. The predicted molar refractivity (Wildman–Crippen MR) is 105 cm³/mol. The number of benzene rings is 2. The van der Waals surface area contributed by atoms with Crippen molar-refractivity contribution in [3.63, 3.8) is 0 Å². The van der Waals surface area contributed by atoms with E-state index in [1.54, 1.807) is 0 Å². The van der Waals surface area contributed by atoms with Crippen LogP contribution in [0.25, 0.3) is 0 Å². The minimum atomic E-state index is 0.156. The van der Waals surface area contributed by atoms with Crippen LogP contribution in [0.15, 0.2) is 48.5 Å². The molecule has 3 nitrogen and oxygen atoms in total. The van der Waals surface area contributed by atoms with Crippen LogP contribution in [0.1, 0.15) is 52.7 Å². The zero-order valence-electron chi connectivity index (χ0n) is 15.5. The summed E-state index contributed by atoms with van der Waals surface area (Å²) in [7, 11) is 0. The summed E-state index contributed by atoms with van der Waals surface area (Å²) in [5.41, 5.74) is 4.25. The molecule has 2 aromatic carbocycles. The Hall–Kier alpha value is -1.97. The van der Waals surface area contributed by atoms with E-state index in [-0.39, 0.29) is 5.78 Å². The van der Waals surface area contributed by atoms with E-state index in [2.05, 4.69) is 21.9 Å². The van der Waals surface area contributed by atoms with Crippen molar-refractivity contribution in [1.29, 1.82) is 0 Å². The van der Waals surface area contributed by atoms with E-state index in [0.717, 1.165) is 37.3 Å². The molecule has 0 unspecified atom stereocenters. The zero-order chi connectivity index (χ0) is 17.8. The Morgan fingerprint density at radius 3 is 2.00 bits per heavy atom. The van der Waals surface area contributed by atoms with Gasteiger partial charge in [0.05, 0.1) is 0 Å². The van der Waals surface area contributed by atoms with Crippen molar-refractivity contribution < 1.29 is 4.79 Å². The Labute approximate surface area is 156 Å². The highest BCUT2D eigenvalue weighted by Gasteiger charge is 2.22. The van der Waals surface area contributed by atoms with Crippen LogP contribution in [0.5, 0.6) is 0 Å². The normalized spacial score (nSPS) is 18.5. The molecule has 2 aromatic rings. The van der Waals surface area contributed by atoms with Gasteiger partial charge in [-0.15, -0.1) is 0 Å². The first-order valence-corrected chi connectivity index (χ1v) is 9.96. The molecule has 136 valence electrons. The van der Waals surface area contributed by atoms with E-state index in [9.17, 15) is 4.79 Å². The molecular formula is C23H28N2O. The molecule has 0 atom stereocenters. The molecule has 2 aliphatic heterocycles. The fraction of sp³-hybridized carbons (Fsp3) is 0.435. The van der Waals surface area contributed by atoms with Gasteiger partial charge < -0.3 is 0 Å². The Morgan fingerprint density at radius 1 is 0.731 bits per heavy atom. The van der Waals surface area contributed by atoms with Crippen LogP contribution in [-0.4, -0.2) is 41.8 Å². The van der Waals surface area contributed by atoms with Gasteiger partial charge in [0.1, 0.15) is 0 Å². The van der Waals surface area contributed by atoms with Crippen LogP contribution in [0.3, 0.4) is 0 Å². The third-order valence-electron chi connectivity index (χ3n) is 5.73. The number of ketones is 1. The molecule has 0 spiro atoms. The van der Waals surface area contributed by atoms with Crippen molar-refractivity contribution in [1.82, 2.24) is 9.80 Å². The van der Waals surface area contributed by atoms with E-state index >= 15 is 0 Å². The van der Waals surface area contributed by atoms with Crippen molar-refractivity contribution >= 4 is 5.78 Å². The number of carbonyl (C=O) groups excluding carboxylic acids is 1. The maximum Gasteiger partial charge on any atom is 0.193 e. The number of likely N-dealkylation sites (tertiary alicyclic amines) is 2. The van der Waals surface area contributed by atoms with Gasteiger partial charge in [-0.2, -0.15) is 0 Å². The van der Waals surface area contributed by atoms with Crippen LogP contribution >= 0.6 is 0 Å². The van der Waals surface area contributed by atoms with Gasteiger partial charge in [0.2, 0.25) is 0 Å². The zero-order valence-corrected chi connectivity index (χ0v) is 15.5. The second kappa shape index (κ2) is 8.15. The van der Waals surface area contributed by atoms with Crippen LogP contribution in [0.4, 0.5) is 0 Å². The van der Waals surface area contributed by atoms with Crippen molar-refractivity contribution in [2.45, 2.75) is 38.8 Å². The van der Waals surface area contributed by atoms with Gasteiger partial charge in [-0.3, -0.25) is 14.6 Å². The SMILES string of the molecule is O=C(c1ccccc1)c1cccc(CN2CCCC2)c1CN1CCCC1. The molecule has 0 saturated carbocycles. The summed E-state index contributed by atoms with van der Waals surface area (Å²) in [4.78, 5) is 18.2. The molecule has 2 saturated heterocycles. The molecule has 0 radical (unpaired) electrons. The molecule has 4 rings (SSSR count). The lowest BCUT2D eigenvalue weighted by atomic mass is 9.94. The molecule has 2 heterocycles. The standard InChI is InChI=1S/C23H28N2O/c26-23(19-9-2-1-3-10-19)21-12-8-11-20(17-24-13-4-5-14-24)22(21)18-25-15-6-7-16-25/h1-3,8-12H,4-7,13-18H2. The van der Waals surface area contributed by atoms with E-state index in [4.69, 9.17) is 0 Å². The Balaban J connectivity index is 1.67. The van der Waals surface area contributed by atoms with E-state index < -0.39 is 0 Å². The summed E-state index contributed by atoms with van der Waals surface area (Å²) in [5.74, 6) is 0.156. The average molecular weight is 348 g/mol. The molecule has 0 N–H and O–H groups in total. The van der Waals surface area contributed by atoms with Crippen LogP contribution in [0, 0.1) is 0 Å². The van der Waals surface area contributed by atoms with E-state index in [0.29, 0.717) is 0 Å². The second-order valence-electron chi connectivity index (χ2n) is 7.60. The first-order valence-electron chi connectivity index (χ1n) is 9.96. The molecule has 0 aromatic heterocycles. The van der Waals surface area contributed by atoms with Gasteiger partial charge in [-0.05, 0) is 63.0 Å². The quantitative estimate of drug-likeness (QED) is 0.734. The smallest absolute Gasteiger partial charge is 0.193 e. The Kier molecular flexibility index (Phi) is 5.47. The van der Waals surface area contributed by atoms with E-state index in [1.807, 2.05) is 36.4 Å². The number of carbonyl (C=O) groups is 1. The lowest BCUT2D eigenvalue weighted by molar-refractivity contribution is 0.103. The monoisotopic (exact) mass is 348 g/mol. The Morgan fingerprint density at radius 2 is 1.35 bits per heavy atom. The summed E-state index contributed by atoms with van der Waals surface area (Å²) in [6.07, 6.45) is 5.14. The molecular weight excluding hydrogens is 320 g/mol. The second-order valence-corrected chi connectivity index (χ2v) is 7.60. The summed E-state index contributed by atoms with van der Waals surface area (Å²) in [6.45, 7) is 6.53. The number of hydrogen-bond acceptors (Lipinski definition) is 3. The van der Waals surface area contributed by atoms with Crippen molar-refractivity contribution in [3.8, 4) is 0 Å². The van der Waals surface area contributed by atoms with Crippen LogP contribution in [0.2, 0.25) is 0 Å². The van der Waals surface area contributed by atoms with Crippen molar-refractivity contribution in [3.05, 3.63) is 70.8 Å². The molecule has 0 bridgehead atoms. The summed E-state index contributed by atoms with van der Waals surface area (Å²) in [5, 5.41) is 0. The van der Waals surface area contributed by atoms with Gasteiger partial charge in [0.25, 0.3) is 0 Å². The molecule has 2 fully saturated rings. The average Bonchev–Trinajstić information content (AvgIpc) is 3.37. The molecule has 0 aliphatic carbocycles. The molecule has 2 aliphatic rings. The topological polar surface area (TPSA) is 23.6 Å². The maximum atomic E-state index is 13.2. The molecule has 26 heavy (non-hydrogen) atoms. The van der Waals surface area contributed by atoms with Crippen LogP contribution in [-0.2, 0) is 13.1 Å². The minimum absolute atomic E-state index is 0.156. The van der Waals surface area contributed by atoms with Gasteiger partial charge in [0, 0.05) is 24.2 Å². The van der Waals surface area contributed by atoms with Gasteiger partial charge >= 0.3 is 0 Å². The third kappa shape index (κ3) is 3.89. The van der Waals surface area contributed by atoms with Gasteiger partial charge in [0.15, 0.2) is 5.78 Å². The minimum Gasteiger partial charge on any atom is -0.299 e. The molecule has 3 heteroatoms. The highest BCUT2D eigenvalue weighted by atomic mass is 16.1. The van der Waals surface area contributed by atoms with Crippen molar-refractivity contribution in [2.75, 3.05) is 26.2 Å². The largest absolute Gasteiger partial charge is 0.299 e. The highest BCUT2D eigenvalue weighted by Crippen LogP contribution is 2.25. The molecule has 0 amide bonds. The maximum absolute atomic E-state index is 13.2. The summed E-state index contributed by atoms with van der Waals surface area (Å²) in [6, 6.07) is 16.0. The number of hydrogen-bond donors (Lipinski definition) is 0. The van der Waals surface area contributed by atoms with Gasteiger partial charge in [-0.25, -0.2) is 0 Å². The number of rotatable bonds is 6. The first-order chi connectivity index (χ1) is 12.8. The third-order valence-corrected chi connectivity index (χ3v) is 5.73. The highest BCUT2D eigenvalue weighted by molar-refractivity contribution is 6.10. The van der Waals surface area contributed by atoms with Gasteiger partial charge in [-0.1, -0.05) is 48.5 Å².